The van der Waals surface area contributed by atoms with Crippen molar-refractivity contribution < 1.29 is 14.7 Å². The molecule has 0 spiro atoms. The number of nitrogens with one attached hydrogen (secondary N) is 1. The van der Waals surface area contributed by atoms with Crippen LogP contribution in [0.25, 0.3) is 10.6 Å². The minimum atomic E-state index is -1.05. The number of nitrogens with zero attached hydrogens (tertiary/aromatic N) is 1. The number of hydrogen-bond acceptors (Lipinski definition) is 5. The van der Waals surface area contributed by atoms with Gasteiger partial charge in [-0.05, 0) is 16.9 Å². The smallest absolute Gasteiger partial charge is 0.326 e. The van der Waals surface area contributed by atoms with E-state index in [0.717, 1.165) is 10.6 Å². The van der Waals surface area contributed by atoms with Crippen LogP contribution >= 0.6 is 22.7 Å². The molecule has 7 heteroatoms. The van der Waals surface area contributed by atoms with E-state index in [0.29, 0.717) is 0 Å². The fourth-order valence-corrected chi connectivity index (χ4v) is 3.26. The van der Waals surface area contributed by atoms with Gasteiger partial charge in [0.1, 0.15) is 16.7 Å². The Labute approximate surface area is 130 Å². The third kappa shape index (κ3) is 3.68. The molecule has 2 rings (SSSR count). The summed E-state index contributed by atoms with van der Waals surface area (Å²) in [5.41, 5.74) is 0.639. The van der Waals surface area contributed by atoms with Gasteiger partial charge < -0.3 is 10.4 Å². The topological polar surface area (TPSA) is 79.3 Å². The molecule has 2 N–H and O–H groups in total. The quantitative estimate of drug-likeness (QED) is 0.905. The second-order valence-electron chi connectivity index (χ2n) is 5.66. The highest BCUT2D eigenvalue weighted by Crippen LogP contribution is 2.26. The molecule has 0 saturated carbocycles. The number of thiazole rings is 1. The van der Waals surface area contributed by atoms with Crippen LogP contribution in [-0.4, -0.2) is 28.0 Å². The Balaban J connectivity index is 2.15. The highest BCUT2D eigenvalue weighted by atomic mass is 32.1. The Bertz CT molecular complexity index is 641. The van der Waals surface area contributed by atoms with Crippen molar-refractivity contribution in [1.82, 2.24) is 10.3 Å². The summed E-state index contributed by atoms with van der Waals surface area (Å²) in [6, 6.07) is 0.969. The molecule has 112 valence electrons. The Kier molecular flexibility index (Phi) is 4.43. The van der Waals surface area contributed by atoms with E-state index in [2.05, 4.69) is 10.3 Å². The molecule has 0 radical (unpaired) electrons. The molecule has 1 atom stereocenters. The van der Waals surface area contributed by atoms with Crippen LogP contribution in [0.5, 0.6) is 0 Å². The van der Waals surface area contributed by atoms with Crippen molar-refractivity contribution in [2.75, 3.05) is 0 Å². The van der Waals surface area contributed by atoms with Crippen molar-refractivity contribution in [3.8, 4) is 10.6 Å². The molecule has 0 aliphatic rings. The van der Waals surface area contributed by atoms with Crippen LogP contribution in [0.2, 0.25) is 0 Å². The van der Waals surface area contributed by atoms with Gasteiger partial charge in [0, 0.05) is 16.3 Å². The first-order valence-corrected chi connectivity index (χ1v) is 8.13. The summed E-state index contributed by atoms with van der Waals surface area (Å²) in [5, 5.41) is 18.1. The summed E-state index contributed by atoms with van der Waals surface area (Å²) in [6.07, 6.45) is 0. The summed E-state index contributed by atoms with van der Waals surface area (Å²) in [5.74, 6) is -1.51. The van der Waals surface area contributed by atoms with E-state index in [1.807, 2.05) is 16.8 Å². The molecule has 1 amide bonds. The number of aliphatic carboxylic acids is 1. The van der Waals surface area contributed by atoms with Gasteiger partial charge in [-0.1, -0.05) is 20.8 Å². The lowest BCUT2D eigenvalue weighted by atomic mass is 9.87. The Morgan fingerprint density at radius 1 is 1.33 bits per heavy atom. The highest BCUT2D eigenvalue weighted by Gasteiger charge is 2.33. The molecule has 0 unspecified atom stereocenters. The van der Waals surface area contributed by atoms with Gasteiger partial charge in [-0.25, -0.2) is 9.78 Å². The van der Waals surface area contributed by atoms with Crippen LogP contribution in [0.1, 0.15) is 31.3 Å². The monoisotopic (exact) mass is 324 g/mol. The number of aromatic nitrogens is 1. The Hall–Kier alpha value is -1.73. The lowest BCUT2D eigenvalue weighted by Gasteiger charge is -2.27. The summed E-state index contributed by atoms with van der Waals surface area (Å²) >= 11 is 2.92. The Morgan fingerprint density at radius 2 is 2.05 bits per heavy atom. The number of carbonyl (C=O) groups excluding carboxylic acids is 1. The predicted molar refractivity (Wildman–Crippen MR) is 83.8 cm³/mol. The maximum Gasteiger partial charge on any atom is 0.326 e. The lowest BCUT2D eigenvalue weighted by Crippen LogP contribution is -2.49. The van der Waals surface area contributed by atoms with Gasteiger partial charge in [-0.3, -0.25) is 4.79 Å². The van der Waals surface area contributed by atoms with Gasteiger partial charge >= 0.3 is 5.97 Å². The molecule has 0 fully saturated rings. The van der Waals surface area contributed by atoms with Crippen LogP contribution in [0.3, 0.4) is 0 Å². The van der Waals surface area contributed by atoms with Gasteiger partial charge in [0.05, 0.1) is 0 Å². The SMILES string of the molecule is CC(C)(C)[C@@H](NC(=O)c1csc(-c2ccsc2)n1)C(=O)O. The van der Waals surface area contributed by atoms with E-state index >= 15 is 0 Å². The van der Waals surface area contributed by atoms with Crippen LogP contribution in [-0.2, 0) is 4.79 Å². The van der Waals surface area contributed by atoms with Gasteiger partial charge in [0.2, 0.25) is 0 Å². The van der Waals surface area contributed by atoms with E-state index in [-0.39, 0.29) is 5.69 Å². The highest BCUT2D eigenvalue weighted by molar-refractivity contribution is 7.14. The summed E-state index contributed by atoms with van der Waals surface area (Å²) < 4.78 is 0. The van der Waals surface area contributed by atoms with Crippen molar-refractivity contribution in [3.05, 3.63) is 27.9 Å². The number of thiophene rings is 1. The van der Waals surface area contributed by atoms with Crippen LogP contribution in [0.15, 0.2) is 22.2 Å². The summed E-state index contributed by atoms with van der Waals surface area (Å²) in [7, 11) is 0. The molecule has 0 aromatic carbocycles. The predicted octanol–water partition coefficient (Wildman–Crippen LogP) is 3.10. The van der Waals surface area contributed by atoms with Crippen molar-refractivity contribution >= 4 is 34.6 Å². The van der Waals surface area contributed by atoms with Crippen molar-refractivity contribution in [2.45, 2.75) is 26.8 Å². The van der Waals surface area contributed by atoms with E-state index in [9.17, 15) is 14.7 Å². The van der Waals surface area contributed by atoms with E-state index in [4.69, 9.17) is 0 Å². The van der Waals surface area contributed by atoms with Gasteiger partial charge in [0.15, 0.2) is 0 Å². The maximum absolute atomic E-state index is 12.2. The molecule has 0 aliphatic carbocycles. The fraction of sp³-hybridized carbons (Fsp3) is 0.357. The standard InChI is InChI=1S/C14H16N2O3S2/c1-14(2,3)10(13(18)19)16-11(17)9-7-21-12(15-9)8-4-5-20-6-8/h4-7,10H,1-3H3,(H,16,17)(H,18,19)/t10-/m0/s1. The molecule has 2 heterocycles. The third-order valence-electron chi connectivity index (χ3n) is 2.89. The molecule has 0 aliphatic heterocycles. The van der Waals surface area contributed by atoms with Crippen LogP contribution in [0.4, 0.5) is 0 Å². The van der Waals surface area contributed by atoms with Gasteiger partial charge in [0.25, 0.3) is 5.91 Å². The first-order chi connectivity index (χ1) is 9.79. The normalized spacial score (nSPS) is 12.9. The van der Waals surface area contributed by atoms with Crippen molar-refractivity contribution in [2.24, 2.45) is 5.41 Å². The fourth-order valence-electron chi connectivity index (χ4n) is 1.75. The van der Waals surface area contributed by atoms with Crippen molar-refractivity contribution in [3.63, 3.8) is 0 Å². The van der Waals surface area contributed by atoms with Gasteiger partial charge in [-0.15, -0.1) is 11.3 Å². The molecule has 0 saturated heterocycles. The number of carboxylic acids is 1. The molecule has 2 aromatic rings. The number of carbonyl (C=O) groups is 2. The number of rotatable bonds is 4. The summed E-state index contributed by atoms with van der Waals surface area (Å²) in [4.78, 5) is 27.7. The minimum absolute atomic E-state index is 0.247. The zero-order valence-corrected chi connectivity index (χ0v) is 13.5. The first kappa shape index (κ1) is 15.7. The zero-order valence-electron chi connectivity index (χ0n) is 11.9. The number of carboxylic acid groups (broad SMARTS) is 1. The van der Waals surface area contributed by atoms with E-state index < -0.39 is 23.3 Å². The van der Waals surface area contributed by atoms with Crippen molar-refractivity contribution in [1.29, 1.82) is 0 Å². The number of amides is 1. The second kappa shape index (κ2) is 5.95. The second-order valence-corrected chi connectivity index (χ2v) is 7.30. The Morgan fingerprint density at radius 3 is 2.57 bits per heavy atom. The van der Waals surface area contributed by atoms with Gasteiger partial charge in [-0.2, -0.15) is 11.3 Å². The van der Waals surface area contributed by atoms with E-state index in [1.54, 1.807) is 37.5 Å². The van der Waals surface area contributed by atoms with Crippen LogP contribution < -0.4 is 5.32 Å². The lowest BCUT2D eigenvalue weighted by molar-refractivity contribution is -0.142. The third-order valence-corrected chi connectivity index (χ3v) is 4.47. The molecule has 5 nitrogen and oxygen atoms in total. The number of hydrogen-bond donors (Lipinski definition) is 2. The average molecular weight is 324 g/mol. The first-order valence-electron chi connectivity index (χ1n) is 6.31. The largest absolute Gasteiger partial charge is 0.480 e. The van der Waals surface area contributed by atoms with E-state index in [1.165, 1.54) is 11.3 Å². The molecule has 0 bridgehead atoms. The minimum Gasteiger partial charge on any atom is -0.480 e. The van der Waals surface area contributed by atoms with Crippen LogP contribution in [0, 0.1) is 5.41 Å². The molecule has 21 heavy (non-hydrogen) atoms. The summed E-state index contributed by atoms with van der Waals surface area (Å²) in [6.45, 7) is 5.30. The molecular formula is C14H16N2O3S2. The zero-order chi connectivity index (χ0) is 15.6. The molecular weight excluding hydrogens is 308 g/mol. The average Bonchev–Trinajstić information content (AvgIpc) is 3.03. The molecule has 2 aromatic heterocycles. The maximum atomic E-state index is 12.2.